The van der Waals surface area contributed by atoms with Gasteiger partial charge in [0.15, 0.2) is 17.3 Å². The smallest absolute Gasteiger partial charge is 0.168 e. The first-order chi connectivity index (χ1) is 13.2. The van der Waals surface area contributed by atoms with Crippen LogP contribution in [0, 0.1) is 0 Å². The summed E-state index contributed by atoms with van der Waals surface area (Å²) in [5, 5.41) is 15.2. The van der Waals surface area contributed by atoms with Crippen LogP contribution in [0.5, 0.6) is 11.5 Å². The Morgan fingerprint density at radius 3 is 2.52 bits per heavy atom. The van der Waals surface area contributed by atoms with Gasteiger partial charge in [-0.05, 0) is 36.4 Å². The number of benzene rings is 3. The van der Waals surface area contributed by atoms with Gasteiger partial charge in [-0.25, -0.2) is 9.97 Å². The van der Waals surface area contributed by atoms with Crippen LogP contribution in [-0.2, 0) is 0 Å². The lowest BCUT2D eigenvalue weighted by atomic mass is 10.1. The molecule has 0 aliphatic carbocycles. The van der Waals surface area contributed by atoms with Crippen molar-refractivity contribution < 1.29 is 9.84 Å². The predicted octanol–water partition coefficient (Wildman–Crippen LogP) is 5.41. The van der Waals surface area contributed by atoms with Crippen molar-refractivity contribution in [3.05, 3.63) is 71.8 Å². The zero-order valence-corrected chi connectivity index (χ0v) is 15.2. The highest BCUT2D eigenvalue weighted by molar-refractivity contribution is 6.33. The number of aromatic hydroxyl groups is 1. The second-order valence-electron chi connectivity index (χ2n) is 5.87. The van der Waals surface area contributed by atoms with Gasteiger partial charge in [-0.2, -0.15) is 0 Å². The summed E-state index contributed by atoms with van der Waals surface area (Å²) < 4.78 is 5.20. The van der Waals surface area contributed by atoms with Crippen molar-refractivity contribution in [2.24, 2.45) is 0 Å². The fourth-order valence-electron chi connectivity index (χ4n) is 2.85. The van der Waals surface area contributed by atoms with Crippen molar-refractivity contribution in [1.82, 2.24) is 9.97 Å². The maximum absolute atomic E-state index is 10.5. The van der Waals surface area contributed by atoms with Gasteiger partial charge in [0.25, 0.3) is 0 Å². The molecule has 5 nitrogen and oxygen atoms in total. The average Bonchev–Trinajstić information content (AvgIpc) is 2.70. The number of rotatable bonds is 4. The van der Waals surface area contributed by atoms with E-state index in [-0.39, 0.29) is 5.75 Å². The van der Waals surface area contributed by atoms with E-state index in [9.17, 15) is 5.11 Å². The molecule has 27 heavy (non-hydrogen) atoms. The van der Waals surface area contributed by atoms with Crippen LogP contribution >= 0.6 is 11.6 Å². The highest BCUT2D eigenvalue weighted by Crippen LogP contribution is 2.37. The largest absolute Gasteiger partial charge is 0.504 e. The molecule has 0 aliphatic rings. The van der Waals surface area contributed by atoms with Gasteiger partial charge >= 0.3 is 0 Å². The molecule has 4 rings (SSSR count). The molecule has 2 N–H and O–H groups in total. The monoisotopic (exact) mass is 377 g/mol. The lowest BCUT2D eigenvalue weighted by molar-refractivity contribution is 0.374. The molecule has 0 aliphatic heterocycles. The Kier molecular flexibility index (Phi) is 4.52. The zero-order chi connectivity index (χ0) is 18.8. The van der Waals surface area contributed by atoms with Crippen LogP contribution in [0.1, 0.15) is 0 Å². The van der Waals surface area contributed by atoms with Gasteiger partial charge in [-0.15, -0.1) is 0 Å². The summed E-state index contributed by atoms with van der Waals surface area (Å²) in [7, 11) is 1.50. The molecule has 134 valence electrons. The normalized spacial score (nSPS) is 10.7. The number of ether oxygens (including phenoxy) is 1. The predicted molar refractivity (Wildman–Crippen MR) is 108 cm³/mol. The molecule has 1 heterocycles. The number of aromatic nitrogens is 2. The highest BCUT2D eigenvalue weighted by atomic mass is 35.5. The number of fused-ring (bicyclic) bond motifs is 1. The topological polar surface area (TPSA) is 67.3 Å². The van der Waals surface area contributed by atoms with Crippen LogP contribution in [0.25, 0.3) is 22.3 Å². The average molecular weight is 378 g/mol. The minimum atomic E-state index is -0.000949. The van der Waals surface area contributed by atoms with Crippen LogP contribution in [0.15, 0.2) is 66.7 Å². The first-order valence-electron chi connectivity index (χ1n) is 8.32. The Labute approximate surface area is 161 Å². The van der Waals surface area contributed by atoms with Crippen molar-refractivity contribution in [2.45, 2.75) is 0 Å². The van der Waals surface area contributed by atoms with Crippen LogP contribution in [-0.4, -0.2) is 22.2 Å². The van der Waals surface area contributed by atoms with Gasteiger partial charge in [-0.3, -0.25) is 0 Å². The minimum Gasteiger partial charge on any atom is -0.504 e. The van der Waals surface area contributed by atoms with Gasteiger partial charge < -0.3 is 15.2 Å². The molecule has 3 aromatic carbocycles. The summed E-state index contributed by atoms with van der Waals surface area (Å²) in [6.07, 6.45) is 0. The molecule has 0 radical (unpaired) electrons. The first kappa shape index (κ1) is 17.1. The number of para-hydroxylation sites is 3. The van der Waals surface area contributed by atoms with Crippen LogP contribution in [0.2, 0.25) is 5.02 Å². The van der Waals surface area contributed by atoms with E-state index < -0.39 is 0 Å². The summed E-state index contributed by atoms with van der Waals surface area (Å²) >= 11 is 6.28. The molecule has 0 fully saturated rings. The van der Waals surface area contributed by atoms with Crippen molar-refractivity contribution in [2.75, 3.05) is 12.4 Å². The number of anilines is 2. The quantitative estimate of drug-likeness (QED) is 0.498. The molecule has 0 amide bonds. The molecule has 4 aromatic rings. The van der Waals surface area contributed by atoms with E-state index in [1.54, 1.807) is 18.2 Å². The number of halogens is 1. The van der Waals surface area contributed by atoms with Crippen molar-refractivity contribution in [1.29, 1.82) is 0 Å². The number of nitrogens with zero attached hydrogens (tertiary/aromatic N) is 2. The molecule has 0 spiro atoms. The third-order valence-electron chi connectivity index (χ3n) is 4.19. The Bertz CT molecular complexity index is 1130. The van der Waals surface area contributed by atoms with Crippen molar-refractivity contribution >= 4 is 34.0 Å². The number of nitrogens with one attached hydrogen (secondary N) is 1. The van der Waals surface area contributed by atoms with E-state index >= 15 is 0 Å². The molecule has 1 aromatic heterocycles. The second kappa shape index (κ2) is 7.13. The Morgan fingerprint density at radius 1 is 0.926 bits per heavy atom. The summed E-state index contributed by atoms with van der Waals surface area (Å²) in [5.74, 6) is 1.36. The zero-order valence-electron chi connectivity index (χ0n) is 14.5. The van der Waals surface area contributed by atoms with E-state index in [4.69, 9.17) is 16.3 Å². The third kappa shape index (κ3) is 3.25. The lowest BCUT2D eigenvalue weighted by Crippen LogP contribution is -2.00. The van der Waals surface area contributed by atoms with Crippen LogP contribution < -0.4 is 10.1 Å². The SMILES string of the molecule is COc1cccc(-c2nc(Nc3ccccc3Cl)c3ccccc3n2)c1O. The maximum Gasteiger partial charge on any atom is 0.168 e. The number of phenols is 1. The molecule has 0 saturated heterocycles. The van der Waals surface area contributed by atoms with E-state index in [2.05, 4.69) is 15.3 Å². The Hall–Kier alpha value is -3.31. The van der Waals surface area contributed by atoms with Crippen molar-refractivity contribution in [3.63, 3.8) is 0 Å². The minimum absolute atomic E-state index is 0.000949. The number of hydrogen-bond donors (Lipinski definition) is 2. The molecular formula is C21H16ClN3O2. The number of methoxy groups -OCH3 is 1. The highest BCUT2D eigenvalue weighted by Gasteiger charge is 2.15. The molecule has 0 saturated carbocycles. The fourth-order valence-corrected chi connectivity index (χ4v) is 3.03. The molecule has 0 unspecified atom stereocenters. The van der Waals surface area contributed by atoms with Gasteiger partial charge in [0, 0.05) is 5.39 Å². The Morgan fingerprint density at radius 2 is 1.70 bits per heavy atom. The number of hydrogen-bond acceptors (Lipinski definition) is 5. The van der Waals surface area contributed by atoms with Gasteiger partial charge in [0.2, 0.25) is 0 Å². The standard InChI is InChI=1S/C21H16ClN3O2/c1-27-18-12-6-8-14(19(18)26)21-23-16-10-4-2-7-13(16)20(25-21)24-17-11-5-3-9-15(17)22/h2-12,26H,1H3,(H,23,24,25). The number of phenolic OH excluding ortho intramolecular Hbond substituents is 1. The van der Waals surface area contributed by atoms with Crippen LogP contribution in [0.4, 0.5) is 11.5 Å². The second-order valence-corrected chi connectivity index (χ2v) is 6.28. The third-order valence-corrected chi connectivity index (χ3v) is 4.52. The van der Waals surface area contributed by atoms with Gasteiger partial charge in [0.05, 0.1) is 28.9 Å². The summed E-state index contributed by atoms with van der Waals surface area (Å²) in [5.41, 5.74) is 1.98. The van der Waals surface area contributed by atoms with Crippen LogP contribution in [0.3, 0.4) is 0 Å². The molecule has 6 heteroatoms. The first-order valence-corrected chi connectivity index (χ1v) is 8.70. The summed E-state index contributed by atoms with van der Waals surface area (Å²) in [4.78, 5) is 9.25. The van der Waals surface area contributed by atoms with Gasteiger partial charge in [-0.1, -0.05) is 41.9 Å². The Balaban J connectivity index is 1.90. The maximum atomic E-state index is 10.5. The van der Waals surface area contributed by atoms with E-state index in [1.807, 2.05) is 48.5 Å². The van der Waals surface area contributed by atoms with E-state index in [1.165, 1.54) is 7.11 Å². The summed E-state index contributed by atoms with van der Waals surface area (Å²) in [6, 6.07) is 20.3. The summed E-state index contributed by atoms with van der Waals surface area (Å²) in [6.45, 7) is 0. The van der Waals surface area contributed by atoms with Gasteiger partial charge in [0.1, 0.15) is 5.82 Å². The van der Waals surface area contributed by atoms with E-state index in [0.29, 0.717) is 28.0 Å². The van der Waals surface area contributed by atoms with Crippen molar-refractivity contribution in [3.8, 4) is 22.9 Å². The lowest BCUT2D eigenvalue weighted by Gasteiger charge is -2.13. The van der Waals surface area contributed by atoms with E-state index in [0.717, 1.165) is 16.6 Å². The molecule has 0 atom stereocenters. The fraction of sp³-hybridized carbons (Fsp3) is 0.0476. The molecule has 0 bridgehead atoms. The molecular weight excluding hydrogens is 362 g/mol.